The van der Waals surface area contributed by atoms with Crippen molar-refractivity contribution in [2.24, 2.45) is 0 Å². The van der Waals surface area contributed by atoms with E-state index in [4.69, 9.17) is 4.74 Å². The van der Waals surface area contributed by atoms with E-state index in [1.54, 1.807) is 0 Å². The third-order valence-electron chi connectivity index (χ3n) is 3.65. The summed E-state index contributed by atoms with van der Waals surface area (Å²) in [7, 11) is 0. The minimum Gasteiger partial charge on any atom is -0.489 e. The lowest BCUT2D eigenvalue weighted by Crippen LogP contribution is -2.03. The average Bonchev–Trinajstić information content (AvgIpc) is 2.61. The summed E-state index contributed by atoms with van der Waals surface area (Å²) in [6, 6.07) is 22.3. The third-order valence-corrected chi connectivity index (χ3v) is 3.65. The lowest BCUT2D eigenvalue weighted by molar-refractivity contribution is -0.137. The van der Waals surface area contributed by atoms with Crippen molar-refractivity contribution in [3.8, 4) is 16.9 Å². The maximum Gasteiger partial charge on any atom is 0.416 e. The Labute approximate surface area is 138 Å². The summed E-state index contributed by atoms with van der Waals surface area (Å²) >= 11 is 0. The summed E-state index contributed by atoms with van der Waals surface area (Å²) in [5.74, 6) is 0.717. The predicted molar refractivity (Wildman–Crippen MR) is 87.7 cm³/mol. The summed E-state index contributed by atoms with van der Waals surface area (Å²) in [6.07, 6.45) is -4.31. The van der Waals surface area contributed by atoms with Crippen LogP contribution in [-0.4, -0.2) is 0 Å². The second kappa shape index (κ2) is 6.79. The summed E-state index contributed by atoms with van der Waals surface area (Å²) in [5, 5.41) is 0. The molecule has 3 aromatic rings. The Morgan fingerprint density at radius 2 is 1.21 bits per heavy atom. The smallest absolute Gasteiger partial charge is 0.416 e. The van der Waals surface area contributed by atoms with Gasteiger partial charge in [-0.15, -0.1) is 0 Å². The van der Waals surface area contributed by atoms with Crippen LogP contribution in [0.1, 0.15) is 11.1 Å². The highest BCUT2D eigenvalue weighted by Gasteiger charge is 2.29. The number of benzene rings is 3. The normalized spacial score (nSPS) is 11.3. The summed E-state index contributed by atoms with van der Waals surface area (Å²) < 4.78 is 43.4. The highest BCUT2D eigenvalue weighted by molar-refractivity contribution is 5.64. The molecule has 1 nitrogen and oxygen atoms in total. The van der Waals surface area contributed by atoms with Crippen LogP contribution in [-0.2, 0) is 12.8 Å². The highest BCUT2D eigenvalue weighted by Crippen LogP contribution is 2.31. The van der Waals surface area contributed by atoms with E-state index in [1.807, 2.05) is 54.6 Å². The topological polar surface area (TPSA) is 9.23 Å². The molecular formula is C20H15F3O. The van der Waals surface area contributed by atoms with Crippen LogP contribution in [0.2, 0.25) is 0 Å². The van der Waals surface area contributed by atoms with Crippen molar-refractivity contribution < 1.29 is 17.9 Å². The van der Waals surface area contributed by atoms with Crippen LogP contribution in [0.15, 0.2) is 78.9 Å². The molecule has 0 aliphatic rings. The van der Waals surface area contributed by atoms with Gasteiger partial charge in [-0.2, -0.15) is 13.2 Å². The Kier molecular flexibility index (Phi) is 4.56. The van der Waals surface area contributed by atoms with Crippen LogP contribution in [0.4, 0.5) is 13.2 Å². The van der Waals surface area contributed by atoms with E-state index in [-0.39, 0.29) is 0 Å². The Morgan fingerprint density at radius 1 is 0.667 bits per heavy atom. The zero-order chi connectivity index (χ0) is 17.0. The molecule has 0 heterocycles. The molecule has 3 aromatic carbocycles. The first-order valence-corrected chi connectivity index (χ1v) is 7.47. The largest absolute Gasteiger partial charge is 0.489 e. The minimum absolute atomic E-state index is 0.473. The number of rotatable bonds is 4. The Bertz CT molecular complexity index is 776. The van der Waals surface area contributed by atoms with Gasteiger partial charge in [0.2, 0.25) is 0 Å². The fourth-order valence-electron chi connectivity index (χ4n) is 2.34. The first kappa shape index (κ1) is 16.1. The number of ether oxygens (including phenoxy) is 1. The number of hydrogen-bond acceptors (Lipinski definition) is 1. The fourth-order valence-corrected chi connectivity index (χ4v) is 2.34. The molecule has 0 atom stereocenters. The van der Waals surface area contributed by atoms with Gasteiger partial charge in [-0.05, 0) is 41.0 Å². The molecule has 0 N–H and O–H groups in total. The van der Waals surface area contributed by atoms with E-state index in [1.165, 1.54) is 12.1 Å². The zero-order valence-corrected chi connectivity index (χ0v) is 12.8. The molecule has 0 saturated heterocycles. The van der Waals surface area contributed by atoms with E-state index >= 15 is 0 Å². The first-order valence-electron chi connectivity index (χ1n) is 7.47. The lowest BCUT2D eigenvalue weighted by atomic mass is 10.0. The van der Waals surface area contributed by atoms with Gasteiger partial charge in [0.1, 0.15) is 12.4 Å². The molecule has 0 aliphatic heterocycles. The Morgan fingerprint density at radius 3 is 1.75 bits per heavy atom. The molecule has 3 rings (SSSR count). The standard InChI is InChI=1S/C20H15F3O/c21-20(22,23)18-10-6-16(7-11-18)17-8-12-19(13-9-17)24-14-15-4-2-1-3-5-15/h1-13H,14H2. The van der Waals surface area contributed by atoms with E-state index in [0.717, 1.165) is 34.6 Å². The van der Waals surface area contributed by atoms with Gasteiger partial charge < -0.3 is 4.74 Å². The quantitative estimate of drug-likeness (QED) is 0.575. The van der Waals surface area contributed by atoms with Gasteiger partial charge in [-0.1, -0.05) is 54.6 Å². The molecule has 0 spiro atoms. The van der Waals surface area contributed by atoms with Crippen LogP contribution in [0.25, 0.3) is 11.1 Å². The maximum absolute atomic E-state index is 12.6. The van der Waals surface area contributed by atoms with Crippen molar-refractivity contribution in [3.63, 3.8) is 0 Å². The fraction of sp³-hybridized carbons (Fsp3) is 0.100. The highest BCUT2D eigenvalue weighted by atomic mass is 19.4. The van der Waals surface area contributed by atoms with Gasteiger partial charge in [-0.25, -0.2) is 0 Å². The molecule has 0 amide bonds. The van der Waals surface area contributed by atoms with E-state index in [2.05, 4.69) is 0 Å². The summed E-state index contributed by atoms with van der Waals surface area (Å²) in [5.41, 5.74) is 2.01. The zero-order valence-electron chi connectivity index (χ0n) is 12.8. The van der Waals surface area contributed by atoms with Crippen molar-refractivity contribution in [1.82, 2.24) is 0 Å². The monoisotopic (exact) mass is 328 g/mol. The van der Waals surface area contributed by atoms with Crippen molar-refractivity contribution in [1.29, 1.82) is 0 Å². The van der Waals surface area contributed by atoms with Crippen LogP contribution in [0.5, 0.6) is 5.75 Å². The Hall–Kier alpha value is -2.75. The van der Waals surface area contributed by atoms with Crippen molar-refractivity contribution >= 4 is 0 Å². The summed E-state index contributed by atoms with van der Waals surface area (Å²) in [6.45, 7) is 0.473. The number of hydrogen-bond donors (Lipinski definition) is 0. The molecule has 0 radical (unpaired) electrons. The third kappa shape index (κ3) is 3.96. The van der Waals surface area contributed by atoms with Crippen molar-refractivity contribution in [2.45, 2.75) is 12.8 Å². The molecule has 4 heteroatoms. The molecule has 0 saturated carbocycles. The maximum atomic E-state index is 12.6. The van der Waals surface area contributed by atoms with Crippen LogP contribution in [0, 0.1) is 0 Å². The van der Waals surface area contributed by atoms with E-state index < -0.39 is 11.7 Å². The lowest BCUT2D eigenvalue weighted by Gasteiger charge is -2.09. The van der Waals surface area contributed by atoms with Crippen molar-refractivity contribution in [3.05, 3.63) is 90.0 Å². The number of alkyl halides is 3. The second-order valence-electron chi connectivity index (χ2n) is 5.37. The van der Waals surface area contributed by atoms with E-state index in [9.17, 15) is 13.2 Å². The predicted octanol–water partition coefficient (Wildman–Crippen LogP) is 5.95. The van der Waals surface area contributed by atoms with Crippen LogP contribution >= 0.6 is 0 Å². The SMILES string of the molecule is FC(F)(F)c1ccc(-c2ccc(OCc3ccccc3)cc2)cc1. The molecule has 24 heavy (non-hydrogen) atoms. The van der Waals surface area contributed by atoms with Gasteiger partial charge in [0.25, 0.3) is 0 Å². The molecule has 122 valence electrons. The first-order chi connectivity index (χ1) is 11.5. The second-order valence-corrected chi connectivity index (χ2v) is 5.37. The minimum atomic E-state index is -4.31. The number of halogens is 3. The van der Waals surface area contributed by atoms with Gasteiger partial charge in [0.15, 0.2) is 0 Å². The molecule has 0 aromatic heterocycles. The van der Waals surface area contributed by atoms with Gasteiger partial charge in [0.05, 0.1) is 5.56 Å². The van der Waals surface area contributed by atoms with Gasteiger partial charge in [0, 0.05) is 0 Å². The molecule has 0 aliphatic carbocycles. The molecule has 0 bridgehead atoms. The Balaban J connectivity index is 1.68. The summed E-state index contributed by atoms with van der Waals surface area (Å²) in [4.78, 5) is 0. The van der Waals surface area contributed by atoms with Gasteiger partial charge in [-0.3, -0.25) is 0 Å². The molecular weight excluding hydrogens is 313 g/mol. The van der Waals surface area contributed by atoms with Crippen molar-refractivity contribution in [2.75, 3.05) is 0 Å². The van der Waals surface area contributed by atoms with Gasteiger partial charge >= 0.3 is 6.18 Å². The van der Waals surface area contributed by atoms with Crippen LogP contribution < -0.4 is 4.74 Å². The molecule has 0 unspecified atom stereocenters. The van der Waals surface area contributed by atoms with Crippen LogP contribution in [0.3, 0.4) is 0 Å². The average molecular weight is 328 g/mol. The van der Waals surface area contributed by atoms with E-state index in [0.29, 0.717) is 6.61 Å². The molecule has 0 fully saturated rings.